The molecule has 0 unspecified atom stereocenters. The normalized spacial score (nSPS) is 12.4. The van der Waals surface area contributed by atoms with Gasteiger partial charge in [-0.15, -0.1) is 0 Å². The first-order chi connectivity index (χ1) is 8.59. The largest absolute Gasteiger partial charge is 0.478 e. The van der Waals surface area contributed by atoms with E-state index in [1.54, 1.807) is 13.8 Å². The number of benzene rings is 1. The van der Waals surface area contributed by atoms with Crippen molar-refractivity contribution >= 4 is 21.7 Å². The van der Waals surface area contributed by atoms with Crippen LogP contribution in [0.1, 0.15) is 37.6 Å². The topological polar surface area (TPSA) is 109 Å². The summed E-state index contributed by atoms with van der Waals surface area (Å²) in [5.41, 5.74) is 4.69. The van der Waals surface area contributed by atoms with Gasteiger partial charge >= 0.3 is 5.97 Å². The van der Waals surface area contributed by atoms with Gasteiger partial charge in [0, 0.05) is 11.2 Å². The molecule has 0 bridgehead atoms. The molecule has 4 N–H and O–H groups in total. The summed E-state index contributed by atoms with van der Waals surface area (Å²) in [7, 11) is -3.91. The van der Waals surface area contributed by atoms with E-state index in [0.29, 0.717) is 6.42 Å². The lowest BCUT2D eigenvalue weighted by molar-refractivity contribution is 0.0692. The first-order valence-electron chi connectivity index (χ1n) is 5.76. The molecule has 6 nitrogen and oxygen atoms in total. The highest BCUT2D eigenvalue weighted by molar-refractivity contribution is 7.89. The summed E-state index contributed by atoms with van der Waals surface area (Å²) in [6.45, 7) is 5.29. The molecule has 0 fully saturated rings. The van der Waals surface area contributed by atoms with Gasteiger partial charge in [-0.25, -0.2) is 17.9 Å². The van der Waals surface area contributed by atoms with Gasteiger partial charge in [-0.1, -0.05) is 6.92 Å². The van der Waals surface area contributed by atoms with E-state index >= 15 is 0 Å². The number of aromatic carboxylic acids is 1. The molecular formula is C12H18N2O4S. The molecule has 0 aliphatic rings. The van der Waals surface area contributed by atoms with Crippen LogP contribution in [0.5, 0.6) is 0 Å². The fourth-order valence-corrected chi connectivity index (χ4v) is 3.10. The van der Waals surface area contributed by atoms with E-state index in [1.807, 2.05) is 6.92 Å². The summed E-state index contributed by atoms with van der Waals surface area (Å²) in [5.74, 6) is -1.33. The third-order valence-corrected chi connectivity index (χ3v) is 4.57. The number of nitrogen functional groups attached to an aromatic ring is 1. The van der Waals surface area contributed by atoms with Crippen LogP contribution in [-0.2, 0) is 10.0 Å². The number of hydrogen-bond acceptors (Lipinski definition) is 4. The van der Waals surface area contributed by atoms with E-state index in [2.05, 4.69) is 4.72 Å². The maximum absolute atomic E-state index is 12.2. The van der Waals surface area contributed by atoms with Crippen molar-refractivity contribution in [3.05, 3.63) is 23.8 Å². The van der Waals surface area contributed by atoms with Gasteiger partial charge in [0.2, 0.25) is 10.0 Å². The van der Waals surface area contributed by atoms with Gasteiger partial charge in [0.15, 0.2) is 0 Å². The lowest BCUT2D eigenvalue weighted by Crippen LogP contribution is -2.43. The van der Waals surface area contributed by atoms with Crippen LogP contribution < -0.4 is 10.5 Å². The van der Waals surface area contributed by atoms with E-state index in [9.17, 15) is 13.2 Å². The molecule has 0 saturated carbocycles. The number of rotatable bonds is 5. The first kappa shape index (κ1) is 15.5. The van der Waals surface area contributed by atoms with Crippen molar-refractivity contribution in [2.75, 3.05) is 5.73 Å². The van der Waals surface area contributed by atoms with Crippen LogP contribution >= 0.6 is 0 Å². The second-order valence-corrected chi connectivity index (χ2v) is 6.55. The molecule has 1 aromatic carbocycles. The second kappa shape index (κ2) is 5.18. The van der Waals surface area contributed by atoms with Gasteiger partial charge in [0.1, 0.15) is 0 Å². The molecule has 0 aromatic heterocycles. The van der Waals surface area contributed by atoms with Crippen LogP contribution in [0.3, 0.4) is 0 Å². The first-order valence-corrected chi connectivity index (χ1v) is 7.24. The number of carbonyl (C=O) groups is 1. The third kappa shape index (κ3) is 3.68. The van der Waals surface area contributed by atoms with Crippen molar-refractivity contribution < 1.29 is 18.3 Å². The Morgan fingerprint density at radius 2 is 2.00 bits per heavy atom. The van der Waals surface area contributed by atoms with Crippen LogP contribution in [0.4, 0.5) is 5.69 Å². The lowest BCUT2D eigenvalue weighted by atomic mass is 10.0. The summed E-state index contributed by atoms with van der Waals surface area (Å²) in [5, 5.41) is 9.06. The van der Waals surface area contributed by atoms with Crippen molar-refractivity contribution in [3.63, 3.8) is 0 Å². The van der Waals surface area contributed by atoms with Crippen LogP contribution in [0.25, 0.3) is 0 Å². The molecule has 0 saturated heterocycles. The molecule has 1 rings (SSSR count). The number of nitrogens with two attached hydrogens (primary N) is 1. The summed E-state index contributed by atoms with van der Waals surface area (Å²) >= 11 is 0. The molecular weight excluding hydrogens is 268 g/mol. The highest BCUT2D eigenvalue weighted by atomic mass is 32.2. The minimum atomic E-state index is -3.91. The smallest absolute Gasteiger partial charge is 0.337 e. The predicted octanol–water partition coefficient (Wildman–Crippen LogP) is 1.43. The van der Waals surface area contributed by atoms with Crippen LogP contribution in [0.2, 0.25) is 0 Å². The van der Waals surface area contributed by atoms with E-state index in [-0.39, 0.29) is 16.1 Å². The number of hydrogen-bond donors (Lipinski definition) is 3. The Labute approximate surface area is 112 Å². The molecule has 7 heteroatoms. The van der Waals surface area contributed by atoms with E-state index in [1.165, 1.54) is 12.1 Å². The predicted molar refractivity (Wildman–Crippen MR) is 72.5 cm³/mol. The lowest BCUT2D eigenvalue weighted by Gasteiger charge is -2.24. The van der Waals surface area contributed by atoms with Crippen LogP contribution in [-0.4, -0.2) is 25.0 Å². The number of carboxylic acid groups (broad SMARTS) is 1. The monoisotopic (exact) mass is 286 g/mol. The fourth-order valence-electron chi connectivity index (χ4n) is 1.44. The summed E-state index contributed by atoms with van der Waals surface area (Å²) < 4.78 is 26.9. The van der Waals surface area contributed by atoms with Gasteiger partial charge in [0.25, 0.3) is 0 Å². The molecule has 0 spiro atoms. The molecule has 0 amide bonds. The van der Waals surface area contributed by atoms with Crippen molar-refractivity contribution in [1.29, 1.82) is 0 Å². The van der Waals surface area contributed by atoms with Crippen LogP contribution in [0, 0.1) is 0 Å². The van der Waals surface area contributed by atoms with Gasteiger partial charge in [0.05, 0.1) is 10.5 Å². The Morgan fingerprint density at radius 3 is 2.47 bits per heavy atom. The summed E-state index contributed by atoms with van der Waals surface area (Å²) in [4.78, 5) is 10.8. The zero-order valence-corrected chi connectivity index (χ0v) is 11.9. The Hall–Kier alpha value is -1.60. The molecule has 0 heterocycles. The SMILES string of the molecule is CCC(C)(C)NS(=O)(=O)c1ccc(N)cc1C(=O)O. The maximum Gasteiger partial charge on any atom is 0.337 e. The van der Waals surface area contributed by atoms with Crippen molar-refractivity contribution in [2.24, 2.45) is 0 Å². The Bertz CT molecular complexity index is 594. The minimum Gasteiger partial charge on any atom is -0.478 e. The maximum atomic E-state index is 12.2. The van der Waals surface area contributed by atoms with Crippen LogP contribution in [0.15, 0.2) is 23.1 Å². The molecule has 0 aliphatic heterocycles. The Morgan fingerprint density at radius 1 is 1.42 bits per heavy atom. The summed E-state index contributed by atoms with van der Waals surface area (Å²) in [6, 6.07) is 3.70. The standard InChI is InChI=1S/C12H18N2O4S/c1-4-12(2,3)14-19(17,18)10-6-5-8(13)7-9(10)11(15)16/h5-7,14H,4,13H2,1-3H3,(H,15,16). The average molecular weight is 286 g/mol. The number of nitrogens with one attached hydrogen (secondary N) is 1. The Balaban J connectivity index is 3.33. The van der Waals surface area contributed by atoms with Crippen molar-refractivity contribution in [3.8, 4) is 0 Å². The quantitative estimate of drug-likeness (QED) is 0.709. The summed E-state index contributed by atoms with van der Waals surface area (Å²) in [6.07, 6.45) is 0.573. The Kier molecular flexibility index (Phi) is 4.21. The average Bonchev–Trinajstić information content (AvgIpc) is 2.27. The zero-order valence-electron chi connectivity index (χ0n) is 11.1. The van der Waals surface area contributed by atoms with E-state index < -0.39 is 21.5 Å². The molecule has 19 heavy (non-hydrogen) atoms. The number of sulfonamides is 1. The van der Waals surface area contributed by atoms with E-state index in [0.717, 1.165) is 6.07 Å². The van der Waals surface area contributed by atoms with Crippen molar-refractivity contribution in [1.82, 2.24) is 4.72 Å². The highest BCUT2D eigenvalue weighted by Crippen LogP contribution is 2.21. The van der Waals surface area contributed by atoms with Gasteiger partial charge in [-0.3, -0.25) is 0 Å². The second-order valence-electron chi connectivity index (χ2n) is 4.90. The molecule has 0 atom stereocenters. The molecule has 0 aliphatic carbocycles. The highest BCUT2D eigenvalue weighted by Gasteiger charge is 2.28. The number of anilines is 1. The third-order valence-electron chi connectivity index (χ3n) is 2.82. The van der Waals surface area contributed by atoms with Gasteiger partial charge in [-0.2, -0.15) is 0 Å². The van der Waals surface area contributed by atoms with Crippen molar-refractivity contribution in [2.45, 2.75) is 37.6 Å². The zero-order chi connectivity index (χ0) is 14.8. The minimum absolute atomic E-state index is 0.200. The van der Waals surface area contributed by atoms with Gasteiger partial charge in [-0.05, 0) is 38.5 Å². The number of carboxylic acids is 1. The molecule has 1 aromatic rings. The van der Waals surface area contributed by atoms with Gasteiger partial charge < -0.3 is 10.8 Å². The van der Waals surface area contributed by atoms with E-state index in [4.69, 9.17) is 10.8 Å². The molecule has 0 radical (unpaired) electrons. The molecule has 106 valence electrons. The fraction of sp³-hybridized carbons (Fsp3) is 0.417.